The number of hydrogen-bond donors (Lipinski definition) is 1. The average Bonchev–Trinajstić information content (AvgIpc) is 2.43. The molecule has 0 aliphatic rings. The quantitative estimate of drug-likeness (QED) is 0.724. The molecule has 0 amide bonds. The van der Waals surface area contributed by atoms with Crippen LogP contribution in [0.4, 0.5) is 0 Å². The van der Waals surface area contributed by atoms with E-state index in [0.717, 1.165) is 13.2 Å². The van der Waals surface area contributed by atoms with Crippen LogP contribution in [0.3, 0.4) is 0 Å². The van der Waals surface area contributed by atoms with Gasteiger partial charge in [0.1, 0.15) is 0 Å². The average molecular weight is 281 g/mol. The minimum atomic E-state index is 0.351. The summed E-state index contributed by atoms with van der Waals surface area (Å²) in [6.45, 7) is 10.3. The first-order valence-electron chi connectivity index (χ1n) is 7.06. The van der Waals surface area contributed by atoms with Gasteiger partial charge in [-0.05, 0) is 43.7 Å². The second-order valence-corrected chi connectivity index (χ2v) is 6.05. The number of nitrogens with one attached hydrogen (secondary N) is 1. The third-order valence-corrected chi connectivity index (χ3v) is 4.13. The van der Waals surface area contributed by atoms with Crippen molar-refractivity contribution >= 4 is 11.8 Å². The fourth-order valence-electron chi connectivity index (χ4n) is 1.99. The summed E-state index contributed by atoms with van der Waals surface area (Å²) >= 11 is 1.78. The summed E-state index contributed by atoms with van der Waals surface area (Å²) in [7, 11) is 0. The largest absolute Gasteiger partial charge is 0.380 e. The van der Waals surface area contributed by atoms with E-state index in [9.17, 15) is 0 Å². The van der Waals surface area contributed by atoms with Gasteiger partial charge in [-0.15, -0.1) is 11.8 Å². The first-order valence-corrected chi connectivity index (χ1v) is 8.28. The predicted molar refractivity (Wildman–Crippen MR) is 84.9 cm³/mol. The highest BCUT2D eigenvalue weighted by molar-refractivity contribution is 7.98. The van der Waals surface area contributed by atoms with E-state index in [1.165, 1.54) is 10.5 Å². The lowest BCUT2D eigenvalue weighted by atomic mass is 10.0. The molecule has 1 rings (SSSR count). The van der Waals surface area contributed by atoms with E-state index in [1.54, 1.807) is 11.8 Å². The van der Waals surface area contributed by atoms with E-state index in [0.29, 0.717) is 18.0 Å². The third kappa shape index (κ3) is 5.55. The normalized spacial score (nSPS) is 14.6. The molecule has 1 aromatic carbocycles. The van der Waals surface area contributed by atoms with Gasteiger partial charge in [-0.3, -0.25) is 0 Å². The van der Waals surface area contributed by atoms with Crippen molar-refractivity contribution in [1.82, 2.24) is 5.32 Å². The van der Waals surface area contributed by atoms with Crippen molar-refractivity contribution in [3.05, 3.63) is 29.8 Å². The van der Waals surface area contributed by atoms with E-state index < -0.39 is 0 Å². The molecule has 0 spiro atoms. The molecular weight excluding hydrogens is 254 g/mol. The second-order valence-electron chi connectivity index (χ2n) is 5.17. The Morgan fingerprint density at radius 2 is 1.79 bits per heavy atom. The number of thioether (sulfide) groups is 1. The summed E-state index contributed by atoms with van der Waals surface area (Å²) < 4.78 is 5.56. The van der Waals surface area contributed by atoms with Crippen LogP contribution in [-0.2, 0) is 4.74 Å². The van der Waals surface area contributed by atoms with Gasteiger partial charge in [-0.2, -0.15) is 0 Å². The van der Waals surface area contributed by atoms with Gasteiger partial charge < -0.3 is 10.1 Å². The van der Waals surface area contributed by atoms with Crippen molar-refractivity contribution in [2.45, 2.75) is 44.7 Å². The molecule has 0 radical (unpaired) electrons. The summed E-state index contributed by atoms with van der Waals surface area (Å²) in [5, 5.41) is 3.67. The highest BCUT2D eigenvalue weighted by Gasteiger charge is 2.16. The molecule has 1 N–H and O–H groups in total. The van der Waals surface area contributed by atoms with E-state index in [-0.39, 0.29) is 0 Å². The van der Waals surface area contributed by atoms with Crippen LogP contribution in [0.2, 0.25) is 0 Å². The predicted octanol–water partition coefficient (Wildman–Crippen LogP) is 4.12. The van der Waals surface area contributed by atoms with Gasteiger partial charge in [0.25, 0.3) is 0 Å². The molecule has 3 heteroatoms. The minimum Gasteiger partial charge on any atom is -0.380 e. The summed E-state index contributed by atoms with van der Waals surface area (Å²) in [5.74, 6) is 0.569. The van der Waals surface area contributed by atoms with Crippen molar-refractivity contribution < 1.29 is 4.74 Å². The van der Waals surface area contributed by atoms with Gasteiger partial charge >= 0.3 is 0 Å². The molecule has 19 heavy (non-hydrogen) atoms. The molecule has 0 saturated heterocycles. The maximum atomic E-state index is 5.56. The topological polar surface area (TPSA) is 21.3 Å². The van der Waals surface area contributed by atoms with E-state index in [2.05, 4.69) is 56.6 Å². The number of benzene rings is 1. The van der Waals surface area contributed by atoms with Crippen LogP contribution in [0.1, 0.15) is 39.3 Å². The van der Waals surface area contributed by atoms with Crippen LogP contribution < -0.4 is 5.32 Å². The lowest BCUT2D eigenvalue weighted by Gasteiger charge is -2.26. The van der Waals surface area contributed by atoms with Gasteiger partial charge in [-0.1, -0.05) is 26.0 Å². The molecular formula is C16H27NOS. The molecule has 2 unspecified atom stereocenters. The molecule has 2 nitrogen and oxygen atoms in total. The lowest BCUT2D eigenvalue weighted by Crippen LogP contribution is -2.39. The smallest absolute Gasteiger partial charge is 0.0622 e. The molecule has 0 bridgehead atoms. The molecule has 2 atom stereocenters. The summed E-state index contributed by atoms with van der Waals surface area (Å²) in [6.07, 6.45) is 2.10. The zero-order chi connectivity index (χ0) is 14.3. The van der Waals surface area contributed by atoms with Crippen LogP contribution in [0.15, 0.2) is 29.2 Å². The molecule has 108 valence electrons. The van der Waals surface area contributed by atoms with E-state index in [1.807, 2.05) is 6.92 Å². The van der Waals surface area contributed by atoms with Crippen molar-refractivity contribution in [2.75, 3.05) is 19.5 Å². The number of ether oxygens (including phenoxy) is 1. The zero-order valence-electron chi connectivity index (χ0n) is 12.8. The molecule has 0 aliphatic heterocycles. The molecule has 0 fully saturated rings. The number of rotatable bonds is 8. The SMILES string of the molecule is CCOCC(NC(C)c1ccc(SC)cc1)C(C)C. The monoisotopic (exact) mass is 281 g/mol. The van der Waals surface area contributed by atoms with Crippen LogP contribution in [0, 0.1) is 5.92 Å². The first kappa shape index (κ1) is 16.5. The van der Waals surface area contributed by atoms with Gasteiger partial charge in [-0.25, -0.2) is 0 Å². The maximum absolute atomic E-state index is 5.56. The Kier molecular flexibility index (Phi) is 7.51. The van der Waals surface area contributed by atoms with Gasteiger partial charge in [0.2, 0.25) is 0 Å². The third-order valence-electron chi connectivity index (χ3n) is 3.39. The first-order chi connectivity index (χ1) is 9.08. The summed E-state index contributed by atoms with van der Waals surface area (Å²) in [4.78, 5) is 1.31. The number of hydrogen-bond acceptors (Lipinski definition) is 3. The molecule has 0 aromatic heterocycles. The molecule has 0 saturated carbocycles. The summed E-state index contributed by atoms with van der Waals surface area (Å²) in [6, 6.07) is 9.54. The van der Waals surface area contributed by atoms with Crippen LogP contribution in [-0.4, -0.2) is 25.5 Å². The highest BCUT2D eigenvalue weighted by Crippen LogP contribution is 2.20. The van der Waals surface area contributed by atoms with Crippen molar-refractivity contribution in [2.24, 2.45) is 5.92 Å². The highest BCUT2D eigenvalue weighted by atomic mass is 32.2. The molecule has 0 heterocycles. The maximum Gasteiger partial charge on any atom is 0.0622 e. The van der Waals surface area contributed by atoms with Crippen LogP contribution in [0.25, 0.3) is 0 Å². The van der Waals surface area contributed by atoms with E-state index >= 15 is 0 Å². The fraction of sp³-hybridized carbons (Fsp3) is 0.625. The Morgan fingerprint density at radius 3 is 2.26 bits per heavy atom. The van der Waals surface area contributed by atoms with Gasteiger partial charge in [0, 0.05) is 23.6 Å². The minimum absolute atomic E-state index is 0.351. The standard InChI is InChI=1S/C16H27NOS/c1-6-18-11-16(12(2)3)17-13(4)14-7-9-15(19-5)10-8-14/h7-10,12-13,16-17H,6,11H2,1-5H3. The Balaban J connectivity index is 2.61. The van der Waals surface area contributed by atoms with Crippen molar-refractivity contribution in [1.29, 1.82) is 0 Å². The fourth-order valence-corrected chi connectivity index (χ4v) is 2.40. The second kappa shape index (κ2) is 8.62. The summed E-state index contributed by atoms with van der Waals surface area (Å²) in [5.41, 5.74) is 1.33. The van der Waals surface area contributed by atoms with Crippen LogP contribution >= 0.6 is 11.8 Å². The van der Waals surface area contributed by atoms with E-state index in [4.69, 9.17) is 4.74 Å². The van der Waals surface area contributed by atoms with Crippen molar-refractivity contribution in [3.63, 3.8) is 0 Å². The van der Waals surface area contributed by atoms with Crippen molar-refractivity contribution in [3.8, 4) is 0 Å². The Bertz CT molecular complexity index is 350. The van der Waals surface area contributed by atoms with Gasteiger partial charge in [0.05, 0.1) is 6.61 Å². The Labute approximate surface area is 122 Å². The Morgan fingerprint density at radius 1 is 1.16 bits per heavy atom. The lowest BCUT2D eigenvalue weighted by molar-refractivity contribution is 0.104. The Hall–Kier alpha value is -0.510. The van der Waals surface area contributed by atoms with Gasteiger partial charge in [0.15, 0.2) is 0 Å². The molecule has 0 aliphatic carbocycles. The molecule has 1 aromatic rings. The van der Waals surface area contributed by atoms with Crippen LogP contribution in [0.5, 0.6) is 0 Å². The zero-order valence-corrected chi connectivity index (χ0v) is 13.6.